The number of aromatic nitrogens is 1. The lowest BCUT2D eigenvalue weighted by atomic mass is 10.3. The third-order valence-electron chi connectivity index (χ3n) is 2.20. The summed E-state index contributed by atoms with van der Waals surface area (Å²) >= 11 is 1.18. The molecule has 1 aromatic rings. The first-order chi connectivity index (χ1) is 7.65. The van der Waals surface area contributed by atoms with Crippen LogP contribution in [0, 0.1) is 6.92 Å². The van der Waals surface area contributed by atoms with E-state index in [2.05, 4.69) is 5.32 Å². The van der Waals surface area contributed by atoms with E-state index in [0.29, 0.717) is 19.4 Å². The molecule has 0 saturated carbocycles. The van der Waals surface area contributed by atoms with Gasteiger partial charge >= 0.3 is 4.87 Å². The molecule has 0 spiro atoms. The molecule has 0 aliphatic rings. The summed E-state index contributed by atoms with van der Waals surface area (Å²) in [5.74, 6) is -0.0880. The fraction of sp³-hybridized carbons (Fsp3) is 0.600. The number of hydrogen-bond acceptors (Lipinski definition) is 4. The van der Waals surface area contributed by atoms with E-state index in [9.17, 15) is 9.59 Å². The molecule has 0 bridgehead atoms. The number of amides is 1. The molecule has 0 aromatic carbocycles. The smallest absolute Gasteiger partial charge is 0.307 e. The summed E-state index contributed by atoms with van der Waals surface area (Å²) in [6.07, 6.45) is 1.01. The fourth-order valence-corrected chi connectivity index (χ4v) is 2.12. The summed E-state index contributed by atoms with van der Waals surface area (Å²) in [5.41, 5.74) is 0.936. The van der Waals surface area contributed by atoms with Crippen LogP contribution in [0.5, 0.6) is 0 Å². The number of nitrogens with zero attached hydrogens (tertiary/aromatic N) is 1. The number of nitrogens with one attached hydrogen (secondary N) is 1. The third kappa shape index (κ3) is 3.79. The van der Waals surface area contributed by atoms with Crippen LogP contribution in [-0.4, -0.2) is 28.7 Å². The zero-order valence-corrected chi connectivity index (χ0v) is 10.0. The van der Waals surface area contributed by atoms with Crippen molar-refractivity contribution in [1.29, 1.82) is 0 Å². The molecule has 2 N–H and O–H groups in total. The monoisotopic (exact) mass is 244 g/mol. The molecule has 1 rings (SSSR count). The molecule has 0 atom stereocenters. The van der Waals surface area contributed by atoms with Crippen molar-refractivity contribution in [2.24, 2.45) is 0 Å². The average Bonchev–Trinajstić information content (AvgIpc) is 2.57. The Balaban J connectivity index is 2.31. The Morgan fingerprint density at radius 2 is 2.38 bits per heavy atom. The zero-order chi connectivity index (χ0) is 12.0. The van der Waals surface area contributed by atoms with Crippen molar-refractivity contribution in [2.45, 2.75) is 26.3 Å². The van der Waals surface area contributed by atoms with E-state index in [0.717, 1.165) is 5.69 Å². The number of rotatable bonds is 6. The molecule has 6 heteroatoms. The molecule has 0 fully saturated rings. The van der Waals surface area contributed by atoms with Gasteiger partial charge in [0.2, 0.25) is 5.91 Å². The van der Waals surface area contributed by atoms with E-state index < -0.39 is 0 Å². The van der Waals surface area contributed by atoms with Crippen LogP contribution in [0.2, 0.25) is 0 Å². The van der Waals surface area contributed by atoms with Gasteiger partial charge in [-0.25, -0.2) is 0 Å². The van der Waals surface area contributed by atoms with Crippen LogP contribution in [0.3, 0.4) is 0 Å². The molecular formula is C10H16N2O3S. The molecule has 0 aliphatic carbocycles. The molecule has 1 aromatic heterocycles. The van der Waals surface area contributed by atoms with Crippen LogP contribution >= 0.6 is 11.3 Å². The lowest BCUT2D eigenvalue weighted by Gasteiger charge is -2.05. The van der Waals surface area contributed by atoms with Crippen molar-refractivity contribution < 1.29 is 9.90 Å². The Hall–Kier alpha value is -1.14. The van der Waals surface area contributed by atoms with E-state index in [1.54, 1.807) is 4.57 Å². The first-order valence-electron chi connectivity index (χ1n) is 5.17. The second-order valence-corrected chi connectivity index (χ2v) is 4.29. The second-order valence-electron chi connectivity index (χ2n) is 3.47. The highest BCUT2D eigenvalue weighted by Crippen LogP contribution is 2.02. The van der Waals surface area contributed by atoms with Gasteiger partial charge < -0.3 is 15.0 Å². The van der Waals surface area contributed by atoms with Crippen molar-refractivity contribution in [3.63, 3.8) is 0 Å². The predicted octanol–water partition coefficient (Wildman–Crippen LogP) is 0.107. The van der Waals surface area contributed by atoms with Crippen LogP contribution in [0.1, 0.15) is 18.5 Å². The number of thiazole rings is 1. The van der Waals surface area contributed by atoms with Crippen molar-refractivity contribution in [3.05, 3.63) is 20.7 Å². The lowest BCUT2D eigenvalue weighted by molar-refractivity contribution is -0.121. The number of hydrogen-bond donors (Lipinski definition) is 2. The predicted molar refractivity (Wildman–Crippen MR) is 62.6 cm³/mol. The second kappa shape index (κ2) is 6.44. The largest absolute Gasteiger partial charge is 0.395 e. The van der Waals surface area contributed by atoms with Gasteiger partial charge in [-0.05, 0) is 13.3 Å². The number of carbonyl (C=O) groups is 1. The highest BCUT2D eigenvalue weighted by molar-refractivity contribution is 7.07. The maximum atomic E-state index is 11.3. The quantitative estimate of drug-likeness (QED) is 0.746. The van der Waals surface area contributed by atoms with Crippen LogP contribution in [0.4, 0.5) is 0 Å². The molecule has 1 amide bonds. The Labute approximate surface area is 97.7 Å². The van der Waals surface area contributed by atoms with Crippen LogP contribution in [0.15, 0.2) is 10.2 Å². The van der Waals surface area contributed by atoms with Crippen molar-refractivity contribution in [3.8, 4) is 0 Å². The van der Waals surface area contributed by atoms with Gasteiger partial charge in [0.1, 0.15) is 0 Å². The minimum atomic E-state index is -0.0880. The first kappa shape index (κ1) is 12.9. The Bertz CT molecular complexity index is 397. The molecule has 1 heterocycles. The normalized spacial score (nSPS) is 10.4. The number of aliphatic hydroxyl groups is 1. The van der Waals surface area contributed by atoms with E-state index in [-0.39, 0.29) is 23.9 Å². The summed E-state index contributed by atoms with van der Waals surface area (Å²) in [6.45, 7) is 2.69. The zero-order valence-electron chi connectivity index (χ0n) is 9.23. The lowest BCUT2D eigenvalue weighted by Crippen LogP contribution is -2.26. The number of aliphatic hydroxyl groups excluding tert-OH is 1. The van der Waals surface area contributed by atoms with Crippen LogP contribution < -0.4 is 10.2 Å². The molecule has 5 nitrogen and oxygen atoms in total. The molecule has 0 aliphatic heterocycles. The summed E-state index contributed by atoms with van der Waals surface area (Å²) in [7, 11) is 0. The van der Waals surface area contributed by atoms with Gasteiger partial charge in [-0.1, -0.05) is 11.3 Å². The molecule has 0 radical (unpaired) electrons. The number of carbonyl (C=O) groups excluding carboxylic acids is 1. The molecule has 16 heavy (non-hydrogen) atoms. The van der Waals surface area contributed by atoms with E-state index in [1.165, 1.54) is 11.3 Å². The highest BCUT2D eigenvalue weighted by Gasteiger charge is 2.04. The van der Waals surface area contributed by atoms with Gasteiger partial charge in [0.05, 0.1) is 6.61 Å². The summed E-state index contributed by atoms with van der Waals surface area (Å²) < 4.78 is 1.67. The minimum absolute atomic E-state index is 0.0215. The SMILES string of the molecule is Cc1csc(=O)n1CCCC(=O)NCCO. The van der Waals surface area contributed by atoms with Crippen molar-refractivity contribution in [2.75, 3.05) is 13.2 Å². The fourth-order valence-electron chi connectivity index (χ4n) is 1.36. The summed E-state index contributed by atoms with van der Waals surface area (Å²) in [6, 6.07) is 0. The Morgan fingerprint density at radius 1 is 1.62 bits per heavy atom. The molecule has 90 valence electrons. The Kier molecular flexibility index (Phi) is 5.21. The first-order valence-corrected chi connectivity index (χ1v) is 6.05. The highest BCUT2D eigenvalue weighted by atomic mass is 32.1. The van der Waals surface area contributed by atoms with Crippen molar-refractivity contribution in [1.82, 2.24) is 9.88 Å². The molecule has 0 unspecified atom stereocenters. The third-order valence-corrected chi connectivity index (χ3v) is 3.08. The van der Waals surface area contributed by atoms with E-state index >= 15 is 0 Å². The van der Waals surface area contributed by atoms with E-state index in [4.69, 9.17) is 5.11 Å². The van der Waals surface area contributed by atoms with Gasteiger partial charge in [0.25, 0.3) is 0 Å². The van der Waals surface area contributed by atoms with Gasteiger partial charge in [-0.2, -0.15) is 0 Å². The standard InChI is InChI=1S/C10H16N2O3S/c1-8-7-16-10(15)12(8)5-2-3-9(14)11-4-6-13/h7,13H,2-6H2,1H3,(H,11,14). The maximum Gasteiger partial charge on any atom is 0.307 e. The summed E-state index contributed by atoms with van der Waals surface area (Å²) in [4.78, 5) is 22.6. The van der Waals surface area contributed by atoms with Crippen LogP contribution in [-0.2, 0) is 11.3 Å². The Morgan fingerprint density at radius 3 is 2.94 bits per heavy atom. The van der Waals surface area contributed by atoms with E-state index in [1.807, 2.05) is 12.3 Å². The average molecular weight is 244 g/mol. The topological polar surface area (TPSA) is 71.3 Å². The van der Waals surface area contributed by atoms with Gasteiger partial charge in [-0.15, -0.1) is 0 Å². The maximum absolute atomic E-state index is 11.3. The summed E-state index contributed by atoms with van der Waals surface area (Å²) in [5, 5.41) is 12.9. The van der Waals surface area contributed by atoms with Gasteiger partial charge in [0.15, 0.2) is 0 Å². The minimum Gasteiger partial charge on any atom is -0.395 e. The van der Waals surface area contributed by atoms with Crippen molar-refractivity contribution >= 4 is 17.2 Å². The van der Waals surface area contributed by atoms with Gasteiger partial charge in [0, 0.05) is 30.6 Å². The number of aryl methyl sites for hydroxylation is 1. The molecular weight excluding hydrogens is 228 g/mol. The van der Waals surface area contributed by atoms with Gasteiger partial charge in [-0.3, -0.25) is 9.59 Å². The van der Waals surface area contributed by atoms with Crippen LogP contribution in [0.25, 0.3) is 0 Å². The molecule has 0 saturated heterocycles.